The summed E-state index contributed by atoms with van der Waals surface area (Å²) in [5.41, 5.74) is 2.66. The van der Waals surface area contributed by atoms with Gasteiger partial charge in [0.25, 0.3) is 0 Å². The minimum Gasteiger partial charge on any atom is -0.492 e. The lowest BCUT2D eigenvalue weighted by atomic mass is 10.1. The Labute approximate surface area is 122 Å². The van der Waals surface area contributed by atoms with E-state index >= 15 is 0 Å². The van der Waals surface area contributed by atoms with Crippen LogP contribution in [0.15, 0.2) is 53.0 Å². The molecule has 0 radical (unpaired) electrons. The van der Waals surface area contributed by atoms with E-state index in [9.17, 15) is 0 Å². The molecule has 0 aliphatic heterocycles. The smallest absolute Gasteiger partial charge is 0.119 e. The number of aryl methyl sites for hydroxylation is 1. The van der Waals surface area contributed by atoms with E-state index in [0.717, 1.165) is 23.3 Å². The highest BCUT2D eigenvalue weighted by Crippen LogP contribution is 2.15. The summed E-state index contributed by atoms with van der Waals surface area (Å²) in [5.74, 6) is 0.904. The van der Waals surface area contributed by atoms with E-state index in [2.05, 4.69) is 52.4 Å². The largest absolute Gasteiger partial charge is 0.492 e. The normalized spacial score (nSPS) is 10.4. The quantitative estimate of drug-likeness (QED) is 0.815. The summed E-state index contributed by atoms with van der Waals surface area (Å²) in [6.07, 6.45) is 0. The van der Waals surface area contributed by atoms with Gasteiger partial charge in [-0.3, -0.25) is 0 Å². The Bertz CT molecular complexity index is 510. The first kappa shape index (κ1) is 14.1. The van der Waals surface area contributed by atoms with Crippen molar-refractivity contribution in [3.05, 3.63) is 64.1 Å². The minimum absolute atomic E-state index is 0.674. The standard InChI is InChI=1S/C16H18BrNO/c1-13-4-2-3-5-14(13)12-18-10-11-19-16-8-6-15(17)7-9-16/h2-9,18H,10-12H2,1H3. The number of hydrogen-bond donors (Lipinski definition) is 1. The van der Waals surface area contributed by atoms with Gasteiger partial charge in [0.05, 0.1) is 0 Å². The summed E-state index contributed by atoms with van der Waals surface area (Å²) in [5, 5.41) is 3.39. The molecule has 0 aliphatic carbocycles. The molecule has 0 fully saturated rings. The van der Waals surface area contributed by atoms with Crippen LogP contribution in [0.5, 0.6) is 5.75 Å². The Morgan fingerprint density at radius 3 is 2.53 bits per heavy atom. The molecule has 2 rings (SSSR count). The highest BCUT2D eigenvalue weighted by atomic mass is 79.9. The lowest BCUT2D eigenvalue weighted by Crippen LogP contribution is -2.21. The van der Waals surface area contributed by atoms with Crippen molar-refractivity contribution in [1.29, 1.82) is 0 Å². The van der Waals surface area contributed by atoms with Crippen LogP contribution >= 0.6 is 15.9 Å². The van der Waals surface area contributed by atoms with Crippen molar-refractivity contribution < 1.29 is 4.74 Å². The first-order chi connectivity index (χ1) is 9.25. The highest BCUT2D eigenvalue weighted by molar-refractivity contribution is 9.10. The molecule has 0 saturated carbocycles. The minimum atomic E-state index is 0.674. The van der Waals surface area contributed by atoms with Crippen LogP contribution in [-0.2, 0) is 6.54 Å². The third kappa shape index (κ3) is 4.69. The zero-order chi connectivity index (χ0) is 13.5. The van der Waals surface area contributed by atoms with E-state index in [1.54, 1.807) is 0 Å². The van der Waals surface area contributed by atoms with Gasteiger partial charge in [-0.1, -0.05) is 40.2 Å². The molecule has 0 unspecified atom stereocenters. The molecule has 0 aliphatic rings. The number of nitrogens with one attached hydrogen (secondary N) is 1. The molecule has 0 heterocycles. The fraction of sp³-hybridized carbons (Fsp3) is 0.250. The molecular formula is C16H18BrNO. The van der Waals surface area contributed by atoms with E-state index in [4.69, 9.17) is 4.74 Å². The van der Waals surface area contributed by atoms with Gasteiger partial charge in [-0.15, -0.1) is 0 Å². The fourth-order valence-corrected chi connectivity index (χ4v) is 2.07. The molecule has 19 heavy (non-hydrogen) atoms. The van der Waals surface area contributed by atoms with Crippen LogP contribution in [0, 0.1) is 6.92 Å². The van der Waals surface area contributed by atoms with Crippen molar-refractivity contribution in [2.75, 3.05) is 13.2 Å². The van der Waals surface area contributed by atoms with Gasteiger partial charge >= 0.3 is 0 Å². The molecule has 2 aromatic rings. The van der Waals surface area contributed by atoms with E-state index in [1.807, 2.05) is 24.3 Å². The second-order valence-electron chi connectivity index (χ2n) is 4.41. The van der Waals surface area contributed by atoms with Crippen LogP contribution in [0.25, 0.3) is 0 Å². The molecule has 1 N–H and O–H groups in total. The molecule has 0 atom stereocenters. The van der Waals surface area contributed by atoms with Crippen molar-refractivity contribution in [2.24, 2.45) is 0 Å². The van der Waals surface area contributed by atoms with Crippen LogP contribution in [-0.4, -0.2) is 13.2 Å². The molecule has 3 heteroatoms. The monoisotopic (exact) mass is 319 g/mol. The maximum atomic E-state index is 5.65. The molecule has 100 valence electrons. The predicted molar refractivity (Wildman–Crippen MR) is 82.5 cm³/mol. The molecular weight excluding hydrogens is 302 g/mol. The van der Waals surface area contributed by atoms with Gasteiger partial charge in [0, 0.05) is 17.6 Å². The van der Waals surface area contributed by atoms with Gasteiger partial charge in [-0.2, -0.15) is 0 Å². The summed E-state index contributed by atoms with van der Waals surface area (Å²) in [6.45, 7) is 4.53. The Kier molecular flexibility index (Phi) is 5.43. The summed E-state index contributed by atoms with van der Waals surface area (Å²) < 4.78 is 6.71. The van der Waals surface area contributed by atoms with Gasteiger partial charge in [0.15, 0.2) is 0 Å². The van der Waals surface area contributed by atoms with Crippen LogP contribution in [0.3, 0.4) is 0 Å². The molecule has 0 saturated heterocycles. The number of hydrogen-bond acceptors (Lipinski definition) is 2. The van der Waals surface area contributed by atoms with Crippen molar-refractivity contribution in [3.8, 4) is 5.75 Å². The number of rotatable bonds is 6. The Hall–Kier alpha value is -1.32. The Morgan fingerprint density at radius 1 is 1.05 bits per heavy atom. The Balaban J connectivity index is 1.67. The van der Waals surface area contributed by atoms with E-state index < -0.39 is 0 Å². The van der Waals surface area contributed by atoms with E-state index in [0.29, 0.717) is 6.61 Å². The molecule has 0 amide bonds. The van der Waals surface area contributed by atoms with Crippen molar-refractivity contribution in [3.63, 3.8) is 0 Å². The zero-order valence-corrected chi connectivity index (χ0v) is 12.6. The van der Waals surface area contributed by atoms with Gasteiger partial charge in [-0.25, -0.2) is 0 Å². The number of halogens is 1. The van der Waals surface area contributed by atoms with Crippen molar-refractivity contribution >= 4 is 15.9 Å². The first-order valence-corrected chi connectivity index (χ1v) is 7.18. The zero-order valence-electron chi connectivity index (χ0n) is 11.0. The van der Waals surface area contributed by atoms with Gasteiger partial charge < -0.3 is 10.1 Å². The molecule has 2 nitrogen and oxygen atoms in total. The maximum absolute atomic E-state index is 5.65. The lowest BCUT2D eigenvalue weighted by Gasteiger charge is -2.09. The van der Waals surface area contributed by atoms with Crippen molar-refractivity contribution in [2.45, 2.75) is 13.5 Å². The highest BCUT2D eigenvalue weighted by Gasteiger charge is 1.97. The van der Waals surface area contributed by atoms with Gasteiger partial charge in [0.1, 0.15) is 12.4 Å². The molecule has 0 spiro atoms. The number of ether oxygens (including phenoxy) is 1. The number of benzene rings is 2. The van der Waals surface area contributed by atoms with E-state index in [-0.39, 0.29) is 0 Å². The summed E-state index contributed by atoms with van der Waals surface area (Å²) in [7, 11) is 0. The summed E-state index contributed by atoms with van der Waals surface area (Å²) in [4.78, 5) is 0. The van der Waals surface area contributed by atoms with Crippen LogP contribution < -0.4 is 10.1 Å². The predicted octanol–water partition coefficient (Wildman–Crippen LogP) is 3.93. The average molecular weight is 320 g/mol. The third-order valence-electron chi connectivity index (χ3n) is 2.94. The molecule has 0 bridgehead atoms. The first-order valence-electron chi connectivity index (χ1n) is 6.39. The van der Waals surface area contributed by atoms with Gasteiger partial charge in [-0.05, 0) is 42.3 Å². The average Bonchev–Trinajstić information content (AvgIpc) is 2.42. The topological polar surface area (TPSA) is 21.3 Å². The van der Waals surface area contributed by atoms with Crippen LogP contribution in [0.2, 0.25) is 0 Å². The fourth-order valence-electron chi connectivity index (χ4n) is 1.80. The van der Waals surface area contributed by atoms with Crippen LogP contribution in [0.4, 0.5) is 0 Å². The molecule has 2 aromatic carbocycles. The molecule has 0 aromatic heterocycles. The van der Waals surface area contributed by atoms with Crippen LogP contribution in [0.1, 0.15) is 11.1 Å². The van der Waals surface area contributed by atoms with Crippen molar-refractivity contribution in [1.82, 2.24) is 5.32 Å². The Morgan fingerprint density at radius 2 is 1.79 bits per heavy atom. The second-order valence-corrected chi connectivity index (χ2v) is 5.32. The van der Waals surface area contributed by atoms with Gasteiger partial charge in [0.2, 0.25) is 0 Å². The van der Waals surface area contributed by atoms with E-state index in [1.165, 1.54) is 11.1 Å². The maximum Gasteiger partial charge on any atom is 0.119 e. The lowest BCUT2D eigenvalue weighted by molar-refractivity contribution is 0.313. The summed E-state index contributed by atoms with van der Waals surface area (Å²) >= 11 is 3.40. The third-order valence-corrected chi connectivity index (χ3v) is 3.47. The SMILES string of the molecule is Cc1ccccc1CNCCOc1ccc(Br)cc1. The second kappa shape index (κ2) is 7.31. The summed E-state index contributed by atoms with van der Waals surface area (Å²) in [6, 6.07) is 16.3.